The van der Waals surface area contributed by atoms with Gasteiger partial charge in [0.05, 0.1) is 12.6 Å². The molecule has 1 aromatic rings. The molecule has 1 saturated heterocycles. The van der Waals surface area contributed by atoms with Gasteiger partial charge in [-0.25, -0.2) is 4.79 Å². The first-order chi connectivity index (χ1) is 7.63. The van der Waals surface area contributed by atoms with Crippen molar-refractivity contribution in [3.05, 3.63) is 29.8 Å². The van der Waals surface area contributed by atoms with Gasteiger partial charge in [-0.3, -0.25) is 0 Å². The standard InChI is InChI=1S/C11H13NO4/c1-12-9(6-13)10(16-11(12)15)7-3-2-4-8(14)5-7/h2-5,9-10,13-14H,6H2,1H3. The SMILES string of the molecule is CN1C(=O)OC(c2cccc(O)c2)C1CO. The highest BCUT2D eigenvalue weighted by Crippen LogP contribution is 2.32. The molecule has 1 amide bonds. The minimum absolute atomic E-state index is 0.111. The Hall–Kier alpha value is -1.75. The topological polar surface area (TPSA) is 70.0 Å². The fourth-order valence-electron chi connectivity index (χ4n) is 1.82. The van der Waals surface area contributed by atoms with Gasteiger partial charge in [-0.15, -0.1) is 0 Å². The van der Waals surface area contributed by atoms with E-state index in [-0.39, 0.29) is 12.4 Å². The van der Waals surface area contributed by atoms with Crippen molar-refractivity contribution >= 4 is 6.09 Å². The maximum atomic E-state index is 11.3. The number of carbonyl (C=O) groups excluding carboxylic acids is 1. The van der Waals surface area contributed by atoms with Crippen LogP contribution in [0.4, 0.5) is 4.79 Å². The number of hydrogen-bond donors (Lipinski definition) is 2. The highest BCUT2D eigenvalue weighted by Gasteiger charge is 2.39. The number of amides is 1. The molecule has 0 aliphatic carbocycles. The maximum absolute atomic E-state index is 11.3. The molecule has 2 atom stereocenters. The van der Waals surface area contributed by atoms with E-state index in [0.29, 0.717) is 5.56 Å². The zero-order valence-electron chi connectivity index (χ0n) is 8.83. The van der Waals surface area contributed by atoms with Gasteiger partial charge in [-0.1, -0.05) is 12.1 Å². The lowest BCUT2D eigenvalue weighted by Crippen LogP contribution is -2.33. The third-order valence-electron chi connectivity index (χ3n) is 2.75. The lowest BCUT2D eigenvalue weighted by atomic mass is 10.0. The Labute approximate surface area is 92.9 Å². The summed E-state index contributed by atoms with van der Waals surface area (Å²) in [5, 5.41) is 18.6. The van der Waals surface area contributed by atoms with Gasteiger partial charge in [0.1, 0.15) is 5.75 Å². The summed E-state index contributed by atoms with van der Waals surface area (Å²) in [5.41, 5.74) is 0.678. The zero-order valence-corrected chi connectivity index (χ0v) is 8.83. The number of aromatic hydroxyl groups is 1. The van der Waals surface area contributed by atoms with E-state index in [4.69, 9.17) is 4.74 Å². The average Bonchev–Trinajstić information content (AvgIpc) is 2.55. The van der Waals surface area contributed by atoms with Crippen LogP contribution < -0.4 is 0 Å². The Morgan fingerprint density at radius 1 is 1.50 bits per heavy atom. The second-order valence-electron chi connectivity index (χ2n) is 3.76. The molecule has 5 nitrogen and oxygen atoms in total. The molecule has 5 heteroatoms. The lowest BCUT2D eigenvalue weighted by molar-refractivity contribution is 0.118. The minimum atomic E-state index is -0.533. The largest absolute Gasteiger partial charge is 0.508 e. The van der Waals surface area contributed by atoms with Gasteiger partial charge in [0.2, 0.25) is 0 Å². The van der Waals surface area contributed by atoms with Crippen LogP contribution in [-0.2, 0) is 4.74 Å². The van der Waals surface area contributed by atoms with E-state index in [1.807, 2.05) is 0 Å². The first-order valence-electron chi connectivity index (χ1n) is 4.96. The summed E-state index contributed by atoms with van der Waals surface area (Å²) in [6.07, 6.45) is -0.998. The Balaban J connectivity index is 2.30. The summed E-state index contributed by atoms with van der Waals surface area (Å²) in [6.45, 7) is -0.178. The van der Waals surface area contributed by atoms with Crippen molar-refractivity contribution in [1.29, 1.82) is 0 Å². The van der Waals surface area contributed by atoms with E-state index in [1.165, 1.54) is 17.0 Å². The van der Waals surface area contributed by atoms with Crippen LogP contribution in [0.3, 0.4) is 0 Å². The van der Waals surface area contributed by atoms with Crippen molar-refractivity contribution in [2.24, 2.45) is 0 Å². The van der Waals surface area contributed by atoms with Crippen LogP contribution in [0, 0.1) is 0 Å². The number of cyclic esters (lactones) is 1. The molecule has 2 rings (SSSR count). The first kappa shape index (κ1) is 10.8. The second kappa shape index (κ2) is 4.02. The monoisotopic (exact) mass is 223 g/mol. The second-order valence-corrected chi connectivity index (χ2v) is 3.76. The third kappa shape index (κ3) is 1.69. The van der Waals surface area contributed by atoms with Gasteiger partial charge in [0.25, 0.3) is 0 Å². The quantitative estimate of drug-likeness (QED) is 0.780. The van der Waals surface area contributed by atoms with Crippen molar-refractivity contribution in [2.75, 3.05) is 13.7 Å². The van der Waals surface area contributed by atoms with E-state index >= 15 is 0 Å². The van der Waals surface area contributed by atoms with Gasteiger partial charge in [0.15, 0.2) is 6.10 Å². The number of rotatable bonds is 2. The van der Waals surface area contributed by atoms with Crippen molar-refractivity contribution in [3.63, 3.8) is 0 Å². The number of benzene rings is 1. The fourth-order valence-corrected chi connectivity index (χ4v) is 1.82. The molecule has 1 aromatic carbocycles. The molecule has 0 bridgehead atoms. The van der Waals surface area contributed by atoms with Crippen molar-refractivity contribution in [2.45, 2.75) is 12.1 Å². The molecule has 0 radical (unpaired) electrons. The fraction of sp³-hybridized carbons (Fsp3) is 0.364. The molecule has 86 valence electrons. The molecule has 16 heavy (non-hydrogen) atoms. The number of hydrogen-bond acceptors (Lipinski definition) is 4. The highest BCUT2D eigenvalue weighted by molar-refractivity contribution is 5.70. The normalized spacial score (nSPS) is 24.6. The summed E-state index contributed by atoms with van der Waals surface area (Å²) in [4.78, 5) is 12.7. The molecular weight excluding hydrogens is 210 g/mol. The van der Waals surface area contributed by atoms with E-state index < -0.39 is 18.2 Å². The van der Waals surface area contributed by atoms with Gasteiger partial charge >= 0.3 is 6.09 Å². The van der Waals surface area contributed by atoms with Crippen molar-refractivity contribution in [1.82, 2.24) is 4.90 Å². The summed E-state index contributed by atoms with van der Waals surface area (Å²) in [5.74, 6) is 0.111. The smallest absolute Gasteiger partial charge is 0.410 e. The van der Waals surface area contributed by atoms with Gasteiger partial charge in [-0.2, -0.15) is 0 Å². The molecule has 0 aromatic heterocycles. The van der Waals surface area contributed by atoms with Crippen LogP contribution >= 0.6 is 0 Å². The Morgan fingerprint density at radius 3 is 2.88 bits per heavy atom. The number of ether oxygens (including phenoxy) is 1. The highest BCUT2D eigenvalue weighted by atomic mass is 16.6. The average molecular weight is 223 g/mol. The number of aliphatic hydroxyl groups excluding tert-OH is 1. The molecule has 1 heterocycles. The minimum Gasteiger partial charge on any atom is -0.508 e. The summed E-state index contributed by atoms with van der Waals surface area (Å²) < 4.78 is 5.13. The van der Waals surface area contributed by atoms with Crippen molar-refractivity contribution in [3.8, 4) is 5.75 Å². The predicted octanol–water partition coefficient (Wildman–Crippen LogP) is 0.876. The molecular formula is C11H13NO4. The molecule has 2 unspecified atom stereocenters. The third-order valence-corrected chi connectivity index (χ3v) is 2.75. The van der Waals surface area contributed by atoms with Crippen LogP contribution in [0.2, 0.25) is 0 Å². The van der Waals surface area contributed by atoms with Gasteiger partial charge in [-0.05, 0) is 17.7 Å². The van der Waals surface area contributed by atoms with E-state index in [9.17, 15) is 15.0 Å². The first-order valence-corrected chi connectivity index (χ1v) is 4.96. The Kier molecular flexibility index (Phi) is 2.70. The molecule has 1 fully saturated rings. The van der Waals surface area contributed by atoms with Crippen LogP contribution in [0.1, 0.15) is 11.7 Å². The van der Waals surface area contributed by atoms with Crippen LogP contribution in [0.5, 0.6) is 5.75 Å². The lowest BCUT2D eigenvalue weighted by Gasteiger charge is -2.18. The molecule has 2 N–H and O–H groups in total. The molecule has 1 aliphatic rings. The molecule has 1 aliphatic heterocycles. The van der Waals surface area contributed by atoms with E-state index in [0.717, 1.165) is 0 Å². The molecule has 0 spiro atoms. The Morgan fingerprint density at radius 2 is 2.25 bits per heavy atom. The number of nitrogens with zero attached hydrogens (tertiary/aromatic N) is 1. The summed E-state index contributed by atoms with van der Waals surface area (Å²) in [6, 6.07) is 6.08. The van der Waals surface area contributed by atoms with Crippen molar-refractivity contribution < 1.29 is 19.7 Å². The zero-order chi connectivity index (χ0) is 11.7. The maximum Gasteiger partial charge on any atom is 0.410 e. The summed E-state index contributed by atoms with van der Waals surface area (Å²) >= 11 is 0. The number of phenols is 1. The summed E-state index contributed by atoms with van der Waals surface area (Å²) in [7, 11) is 1.58. The predicted molar refractivity (Wildman–Crippen MR) is 56.0 cm³/mol. The van der Waals surface area contributed by atoms with Crippen LogP contribution in [-0.4, -0.2) is 40.9 Å². The van der Waals surface area contributed by atoms with Gasteiger partial charge < -0.3 is 19.8 Å². The number of aliphatic hydroxyl groups is 1. The van der Waals surface area contributed by atoms with E-state index in [1.54, 1.807) is 19.2 Å². The Bertz CT molecular complexity index is 407. The number of likely N-dealkylation sites (N-methyl/N-ethyl adjacent to an activating group) is 1. The van der Waals surface area contributed by atoms with Crippen LogP contribution in [0.25, 0.3) is 0 Å². The van der Waals surface area contributed by atoms with E-state index in [2.05, 4.69) is 0 Å². The van der Waals surface area contributed by atoms with Crippen LogP contribution in [0.15, 0.2) is 24.3 Å². The molecule has 0 saturated carbocycles. The number of phenolic OH excluding ortho intramolecular Hbond substituents is 1. The van der Waals surface area contributed by atoms with Gasteiger partial charge in [0, 0.05) is 7.05 Å². The number of carbonyl (C=O) groups is 1.